The Hall–Kier alpha value is -0.810. The Labute approximate surface area is 96.2 Å². The number of methoxy groups -OCH3 is 1. The van der Waals surface area contributed by atoms with E-state index in [2.05, 4.69) is 15.9 Å². The van der Waals surface area contributed by atoms with Crippen LogP contribution < -0.4 is 10.5 Å². The molecule has 0 aliphatic carbocycles. The minimum Gasteiger partial charge on any atom is -0.503 e. The van der Waals surface area contributed by atoms with E-state index in [0.717, 1.165) is 5.56 Å². The highest BCUT2D eigenvalue weighted by Gasteiger charge is 2.13. The molecule has 0 aliphatic rings. The smallest absolute Gasteiger partial charge is 0.172 e. The van der Waals surface area contributed by atoms with Crippen molar-refractivity contribution in [2.75, 3.05) is 13.8 Å². The first-order valence-corrected chi connectivity index (χ1v) is 5.27. The zero-order chi connectivity index (χ0) is 11.4. The maximum absolute atomic E-state index is 12.1. The molecule has 0 saturated carbocycles. The lowest BCUT2D eigenvalue weighted by atomic mass is 10.0. The lowest BCUT2D eigenvalue weighted by molar-refractivity contribution is 0.370. The topological polar surface area (TPSA) is 55.5 Å². The molecule has 0 saturated heterocycles. The van der Waals surface area contributed by atoms with Gasteiger partial charge in [-0.05, 0) is 40.0 Å². The van der Waals surface area contributed by atoms with Gasteiger partial charge in [0.05, 0.1) is 18.3 Å². The van der Waals surface area contributed by atoms with Gasteiger partial charge in [0.2, 0.25) is 0 Å². The van der Waals surface area contributed by atoms with E-state index in [1.54, 1.807) is 12.1 Å². The first kappa shape index (κ1) is 12.3. The van der Waals surface area contributed by atoms with Gasteiger partial charge in [-0.1, -0.05) is 0 Å². The molecule has 1 rings (SSSR count). The van der Waals surface area contributed by atoms with Gasteiger partial charge in [-0.15, -0.1) is 0 Å². The van der Waals surface area contributed by atoms with E-state index >= 15 is 0 Å². The van der Waals surface area contributed by atoms with Crippen molar-refractivity contribution < 1.29 is 14.2 Å². The van der Waals surface area contributed by atoms with Gasteiger partial charge in [0.15, 0.2) is 11.5 Å². The molecule has 84 valence electrons. The van der Waals surface area contributed by atoms with Crippen LogP contribution in [0.5, 0.6) is 11.5 Å². The molecule has 3 N–H and O–H groups in total. The molecule has 0 spiro atoms. The number of hydrogen-bond acceptors (Lipinski definition) is 3. The molecule has 1 atom stereocenters. The van der Waals surface area contributed by atoms with Crippen LogP contribution >= 0.6 is 15.9 Å². The molecular weight excluding hydrogens is 265 g/mol. The normalized spacial score (nSPS) is 12.5. The van der Waals surface area contributed by atoms with Gasteiger partial charge in [-0.25, -0.2) is 0 Å². The molecule has 0 heterocycles. The van der Waals surface area contributed by atoms with Crippen molar-refractivity contribution in [2.45, 2.75) is 12.5 Å². The van der Waals surface area contributed by atoms with Crippen molar-refractivity contribution in [3.05, 3.63) is 22.2 Å². The Balaban J connectivity index is 3.05. The molecule has 0 amide bonds. The standard InChI is InChI=1S/C10H13BrFNO2/c1-15-9-5-6(8(13)2-3-12)4-7(11)10(9)14/h4-5,8,14H,2-3,13H2,1H3/t8-/m0/s1. The lowest BCUT2D eigenvalue weighted by Gasteiger charge is -2.13. The number of rotatable bonds is 4. The Bertz CT molecular complexity index is 346. The number of hydrogen-bond donors (Lipinski definition) is 2. The van der Waals surface area contributed by atoms with E-state index in [-0.39, 0.29) is 18.2 Å². The second-order valence-corrected chi connectivity index (χ2v) is 3.99. The third kappa shape index (κ3) is 2.82. The quantitative estimate of drug-likeness (QED) is 0.889. The van der Waals surface area contributed by atoms with E-state index in [0.29, 0.717) is 10.2 Å². The molecule has 0 aromatic heterocycles. The van der Waals surface area contributed by atoms with Crippen molar-refractivity contribution in [2.24, 2.45) is 5.73 Å². The van der Waals surface area contributed by atoms with Crippen molar-refractivity contribution in [1.82, 2.24) is 0 Å². The molecule has 0 fully saturated rings. The second kappa shape index (κ2) is 5.32. The Kier molecular flexibility index (Phi) is 4.35. The molecular formula is C10H13BrFNO2. The van der Waals surface area contributed by atoms with Crippen LogP contribution in [0.15, 0.2) is 16.6 Å². The number of ether oxygens (including phenoxy) is 1. The summed E-state index contributed by atoms with van der Waals surface area (Å²) in [6, 6.07) is 2.89. The van der Waals surface area contributed by atoms with Crippen LogP contribution in [0, 0.1) is 0 Å². The van der Waals surface area contributed by atoms with Crippen molar-refractivity contribution in [1.29, 1.82) is 0 Å². The summed E-state index contributed by atoms with van der Waals surface area (Å²) in [5.74, 6) is 0.349. The van der Waals surface area contributed by atoms with Gasteiger partial charge >= 0.3 is 0 Å². The van der Waals surface area contributed by atoms with Gasteiger partial charge in [-0.3, -0.25) is 4.39 Å². The number of phenolic OH excluding ortho intramolecular Hbond substituents is 1. The molecule has 0 aliphatic heterocycles. The molecule has 0 unspecified atom stereocenters. The van der Waals surface area contributed by atoms with Gasteiger partial charge in [0.1, 0.15) is 0 Å². The summed E-state index contributed by atoms with van der Waals surface area (Å²) in [6.45, 7) is -0.470. The van der Waals surface area contributed by atoms with E-state index < -0.39 is 6.67 Å². The third-order valence-electron chi connectivity index (χ3n) is 2.12. The maximum Gasteiger partial charge on any atom is 0.172 e. The summed E-state index contributed by atoms with van der Waals surface area (Å²) in [5, 5.41) is 9.55. The zero-order valence-corrected chi connectivity index (χ0v) is 9.92. The highest BCUT2D eigenvalue weighted by Crippen LogP contribution is 2.36. The fraction of sp³-hybridized carbons (Fsp3) is 0.400. The second-order valence-electron chi connectivity index (χ2n) is 3.14. The number of aromatic hydroxyl groups is 1. The molecule has 3 nitrogen and oxygen atoms in total. The Morgan fingerprint density at radius 2 is 2.27 bits per heavy atom. The molecule has 0 bridgehead atoms. The van der Waals surface area contributed by atoms with Crippen LogP contribution in [-0.2, 0) is 0 Å². The number of halogens is 2. The predicted octanol–water partition coefficient (Wildman–Crippen LogP) is 2.52. The molecule has 0 radical (unpaired) electrons. The summed E-state index contributed by atoms with van der Waals surface area (Å²) in [4.78, 5) is 0. The van der Waals surface area contributed by atoms with E-state index in [4.69, 9.17) is 10.5 Å². The van der Waals surface area contributed by atoms with E-state index in [1.165, 1.54) is 7.11 Å². The van der Waals surface area contributed by atoms with Gasteiger partial charge in [0, 0.05) is 6.04 Å². The summed E-state index contributed by atoms with van der Waals surface area (Å²) in [5.41, 5.74) is 6.48. The van der Waals surface area contributed by atoms with Crippen LogP contribution in [0.2, 0.25) is 0 Å². The predicted molar refractivity (Wildman–Crippen MR) is 59.9 cm³/mol. The SMILES string of the molecule is COc1cc([C@@H](N)CCF)cc(Br)c1O. The van der Waals surface area contributed by atoms with Crippen LogP contribution in [-0.4, -0.2) is 18.9 Å². The fourth-order valence-corrected chi connectivity index (χ4v) is 1.71. The monoisotopic (exact) mass is 277 g/mol. The highest BCUT2D eigenvalue weighted by molar-refractivity contribution is 9.10. The van der Waals surface area contributed by atoms with Crippen LogP contribution in [0.3, 0.4) is 0 Å². The first-order valence-electron chi connectivity index (χ1n) is 4.48. The first-order chi connectivity index (χ1) is 7.10. The Morgan fingerprint density at radius 1 is 1.60 bits per heavy atom. The summed E-state index contributed by atoms with van der Waals surface area (Å²) in [7, 11) is 1.45. The van der Waals surface area contributed by atoms with Crippen LogP contribution in [0.1, 0.15) is 18.0 Å². The van der Waals surface area contributed by atoms with Crippen molar-refractivity contribution in [3.8, 4) is 11.5 Å². The molecule has 1 aromatic carbocycles. The van der Waals surface area contributed by atoms with Gasteiger partial charge in [0.25, 0.3) is 0 Å². The fourth-order valence-electron chi connectivity index (χ4n) is 1.25. The molecule has 1 aromatic rings. The largest absolute Gasteiger partial charge is 0.503 e. The number of benzene rings is 1. The summed E-state index contributed by atoms with van der Waals surface area (Å²) in [6.07, 6.45) is 0.250. The summed E-state index contributed by atoms with van der Waals surface area (Å²) >= 11 is 3.18. The number of phenols is 1. The minimum absolute atomic E-state index is 0.0219. The molecule has 15 heavy (non-hydrogen) atoms. The summed E-state index contributed by atoms with van der Waals surface area (Å²) < 4.78 is 17.6. The third-order valence-corrected chi connectivity index (χ3v) is 2.72. The van der Waals surface area contributed by atoms with Gasteiger partial charge in [-0.2, -0.15) is 0 Å². The van der Waals surface area contributed by atoms with Crippen LogP contribution in [0.25, 0.3) is 0 Å². The maximum atomic E-state index is 12.1. The van der Waals surface area contributed by atoms with Crippen LogP contribution in [0.4, 0.5) is 4.39 Å². The van der Waals surface area contributed by atoms with Crippen molar-refractivity contribution >= 4 is 15.9 Å². The highest BCUT2D eigenvalue weighted by atomic mass is 79.9. The number of nitrogens with two attached hydrogens (primary N) is 1. The average Bonchev–Trinajstić information content (AvgIpc) is 2.22. The zero-order valence-electron chi connectivity index (χ0n) is 8.34. The lowest BCUT2D eigenvalue weighted by Crippen LogP contribution is -2.11. The van der Waals surface area contributed by atoms with E-state index in [1.807, 2.05) is 0 Å². The van der Waals surface area contributed by atoms with Gasteiger partial charge < -0.3 is 15.6 Å². The molecule has 5 heteroatoms. The van der Waals surface area contributed by atoms with Crippen molar-refractivity contribution in [3.63, 3.8) is 0 Å². The Morgan fingerprint density at radius 3 is 2.80 bits per heavy atom. The van der Waals surface area contributed by atoms with E-state index in [9.17, 15) is 9.50 Å². The number of alkyl halides is 1. The average molecular weight is 278 g/mol. The minimum atomic E-state index is -0.470.